The lowest BCUT2D eigenvalue weighted by atomic mass is 10.8. The van der Waals surface area contributed by atoms with Gasteiger partial charge in [0.15, 0.2) is 0 Å². The normalized spacial score (nSPS) is 25.5. The van der Waals surface area contributed by atoms with Crippen LogP contribution in [0.25, 0.3) is 0 Å². The summed E-state index contributed by atoms with van der Waals surface area (Å²) in [4.78, 5) is 0. The van der Waals surface area contributed by atoms with Crippen molar-refractivity contribution in [3.8, 4) is 0 Å². The van der Waals surface area contributed by atoms with Crippen molar-refractivity contribution in [3.05, 3.63) is 6.29 Å². The van der Waals surface area contributed by atoms with Gasteiger partial charge in [-0.1, -0.05) is 0 Å². The molecular weight excluding hydrogens is 80.0 g/mol. The fourth-order valence-electron chi connectivity index (χ4n) is 0.412. The van der Waals surface area contributed by atoms with Gasteiger partial charge in [0, 0.05) is 0 Å². The molecule has 1 radical (unpaired) electrons. The fourth-order valence-corrected chi connectivity index (χ4v) is 0.412. The minimum atomic E-state index is 0.704. The second-order valence-electron chi connectivity index (χ2n) is 1.19. The first kappa shape index (κ1) is 4.09. The van der Waals surface area contributed by atoms with Crippen molar-refractivity contribution in [2.75, 3.05) is 13.2 Å². The van der Waals surface area contributed by atoms with E-state index >= 15 is 0 Å². The Hall–Kier alpha value is -0.0800. The highest BCUT2D eigenvalue weighted by molar-refractivity contribution is 4.59. The second kappa shape index (κ2) is 1.58. The van der Waals surface area contributed by atoms with Crippen molar-refractivity contribution in [2.45, 2.75) is 6.92 Å². The molecule has 0 spiro atoms. The Morgan fingerprint density at radius 2 is 1.83 bits per heavy atom. The van der Waals surface area contributed by atoms with Crippen molar-refractivity contribution < 1.29 is 9.47 Å². The van der Waals surface area contributed by atoms with Gasteiger partial charge >= 0.3 is 0 Å². The van der Waals surface area contributed by atoms with Crippen molar-refractivity contribution >= 4 is 0 Å². The Morgan fingerprint density at radius 1 is 1.33 bits per heavy atom. The van der Waals surface area contributed by atoms with Gasteiger partial charge in [0.1, 0.15) is 0 Å². The summed E-state index contributed by atoms with van der Waals surface area (Å²) in [5.41, 5.74) is 0. The van der Waals surface area contributed by atoms with Crippen molar-refractivity contribution in [2.24, 2.45) is 0 Å². The Balaban J connectivity index is 2.18. The topological polar surface area (TPSA) is 18.5 Å². The molecule has 0 bridgehead atoms. The van der Waals surface area contributed by atoms with Crippen molar-refractivity contribution in [3.63, 3.8) is 0 Å². The van der Waals surface area contributed by atoms with Crippen LogP contribution < -0.4 is 0 Å². The predicted molar refractivity (Wildman–Crippen MR) is 20.8 cm³/mol. The summed E-state index contributed by atoms with van der Waals surface area (Å²) < 4.78 is 9.69. The zero-order valence-corrected chi connectivity index (χ0v) is 3.73. The van der Waals surface area contributed by atoms with Gasteiger partial charge in [0.05, 0.1) is 13.2 Å². The standard InChI is InChI=1S/C4H7O2/c1-4-5-2-3-6-4/h2-3H2,1H3. The highest BCUT2D eigenvalue weighted by Crippen LogP contribution is 2.08. The van der Waals surface area contributed by atoms with Crippen LogP contribution in [0.2, 0.25) is 0 Å². The first-order valence-electron chi connectivity index (χ1n) is 1.99. The smallest absolute Gasteiger partial charge is 0.220 e. The molecular formula is C4H7O2. The average Bonchev–Trinajstić information content (AvgIpc) is 1.86. The molecule has 1 aliphatic rings. The molecule has 1 saturated heterocycles. The summed E-state index contributed by atoms with van der Waals surface area (Å²) in [6.45, 7) is 3.27. The Labute approximate surface area is 37.1 Å². The quantitative estimate of drug-likeness (QED) is 0.429. The summed E-state index contributed by atoms with van der Waals surface area (Å²) in [5.74, 6) is 0. The molecule has 1 aliphatic heterocycles. The highest BCUT2D eigenvalue weighted by atomic mass is 16.7. The van der Waals surface area contributed by atoms with E-state index in [1.165, 1.54) is 0 Å². The third-order valence-corrected chi connectivity index (χ3v) is 0.694. The first-order chi connectivity index (χ1) is 2.89. The fraction of sp³-hybridized carbons (Fsp3) is 0.750. The largest absolute Gasteiger partial charge is 0.343 e. The number of rotatable bonds is 0. The van der Waals surface area contributed by atoms with E-state index in [1.54, 1.807) is 0 Å². The van der Waals surface area contributed by atoms with Crippen LogP contribution in [0.15, 0.2) is 0 Å². The van der Waals surface area contributed by atoms with Crippen LogP contribution in [0.4, 0.5) is 0 Å². The average molecular weight is 87.1 g/mol. The summed E-state index contributed by atoms with van der Waals surface area (Å²) >= 11 is 0. The second-order valence-corrected chi connectivity index (χ2v) is 1.19. The van der Waals surface area contributed by atoms with E-state index in [9.17, 15) is 0 Å². The Kier molecular flexibility index (Phi) is 1.08. The molecule has 1 rings (SSSR count). The Morgan fingerprint density at radius 3 is 2.00 bits per heavy atom. The van der Waals surface area contributed by atoms with E-state index < -0.39 is 0 Å². The number of hydrogen-bond acceptors (Lipinski definition) is 2. The number of ether oxygens (including phenoxy) is 2. The zero-order chi connectivity index (χ0) is 4.41. The molecule has 0 atom stereocenters. The lowest BCUT2D eigenvalue weighted by Crippen LogP contribution is -1.85. The van der Waals surface area contributed by atoms with Gasteiger partial charge in [-0.05, 0) is 6.92 Å². The third kappa shape index (κ3) is 0.698. The minimum absolute atomic E-state index is 0.704. The monoisotopic (exact) mass is 87.0 g/mol. The maximum atomic E-state index is 4.85. The van der Waals surface area contributed by atoms with Crippen LogP contribution in [0.1, 0.15) is 6.92 Å². The summed E-state index contributed by atoms with van der Waals surface area (Å²) in [5, 5.41) is 0. The summed E-state index contributed by atoms with van der Waals surface area (Å²) in [6, 6.07) is 0. The van der Waals surface area contributed by atoms with Crippen LogP contribution in [0.3, 0.4) is 0 Å². The molecule has 2 heteroatoms. The minimum Gasteiger partial charge on any atom is -0.343 e. The molecule has 0 aliphatic carbocycles. The predicted octanol–water partition coefficient (Wildman–Crippen LogP) is 0.543. The van der Waals surface area contributed by atoms with Crippen LogP contribution in [0.5, 0.6) is 0 Å². The van der Waals surface area contributed by atoms with Gasteiger partial charge < -0.3 is 9.47 Å². The first-order valence-corrected chi connectivity index (χ1v) is 1.99. The van der Waals surface area contributed by atoms with Crippen LogP contribution in [-0.4, -0.2) is 13.2 Å². The van der Waals surface area contributed by atoms with Gasteiger partial charge in [-0.25, -0.2) is 0 Å². The summed E-state index contributed by atoms with van der Waals surface area (Å²) in [7, 11) is 0. The maximum Gasteiger partial charge on any atom is 0.220 e. The van der Waals surface area contributed by atoms with E-state index in [-0.39, 0.29) is 0 Å². The van der Waals surface area contributed by atoms with E-state index in [0.717, 1.165) is 13.2 Å². The number of hydrogen-bond donors (Lipinski definition) is 0. The van der Waals surface area contributed by atoms with Gasteiger partial charge in [-0.2, -0.15) is 0 Å². The SMILES string of the molecule is C[C]1OCCO1. The van der Waals surface area contributed by atoms with E-state index in [2.05, 4.69) is 0 Å². The van der Waals surface area contributed by atoms with E-state index in [0.29, 0.717) is 6.29 Å². The van der Waals surface area contributed by atoms with E-state index in [1.807, 2.05) is 6.92 Å². The Bertz CT molecular complexity index is 38.8. The van der Waals surface area contributed by atoms with Crippen LogP contribution >= 0.6 is 0 Å². The molecule has 0 N–H and O–H groups in total. The van der Waals surface area contributed by atoms with E-state index in [4.69, 9.17) is 9.47 Å². The molecule has 2 nitrogen and oxygen atoms in total. The molecule has 6 heavy (non-hydrogen) atoms. The zero-order valence-electron chi connectivity index (χ0n) is 3.73. The van der Waals surface area contributed by atoms with Gasteiger partial charge in [-0.15, -0.1) is 0 Å². The maximum absolute atomic E-state index is 4.85. The van der Waals surface area contributed by atoms with Crippen molar-refractivity contribution in [1.29, 1.82) is 0 Å². The highest BCUT2D eigenvalue weighted by Gasteiger charge is 2.09. The van der Waals surface area contributed by atoms with Crippen LogP contribution in [-0.2, 0) is 9.47 Å². The molecule has 0 aromatic heterocycles. The van der Waals surface area contributed by atoms with Gasteiger partial charge in [0.2, 0.25) is 6.29 Å². The molecule has 0 aromatic carbocycles. The molecule has 35 valence electrons. The molecule has 0 amide bonds. The lowest BCUT2D eigenvalue weighted by Gasteiger charge is -1.92. The van der Waals surface area contributed by atoms with Crippen molar-refractivity contribution in [1.82, 2.24) is 0 Å². The summed E-state index contributed by atoms with van der Waals surface area (Å²) in [6.07, 6.45) is 0.704. The lowest BCUT2D eigenvalue weighted by molar-refractivity contribution is 0.0849. The third-order valence-electron chi connectivity index (χ3n) is 0.694. The molecule has 0 unspecified atom stereocenters. The van der Waals surface area contributed by atoms with Gasteiger partial charge in [0.25, 0.3) is 0 Å². The molecule has 0 aromatic rings. The molecule has 1 fully saturated rings. The van der Waals surface area contributed by atoms with Crippen LogP contribution in [0, 0.1) is 6.29 Å². The molecule has 0 saturated carbocycles. The molecule has 1 heterocycles. The van der Waals surface area contributed by atoms with Gasteiger partial charge in [-0.3, -0.25) is 0 Å².